The molecule has 0 heterocycles. The van der Waals surface area contributed by atoms with E-state index < -0.39 is 11.6 Å². The minimum absolute atomic E-state index is 0.265. The highest BCUT2D eigenvalue weighted by atomic mass is 16.4. The molecular weight excluding hydrogens is 266 g/mol. The molecule has 0 aliphatic heterocycles. The van der Waals surface area contributed by atoms with Crippen LogP contribution in [0, 0.1) is 0 Å². The van der Waals surface area contributed by atoms with Crippen molar-refractivity contribution >= 4 is 5.97 Å². The molecule has 0 radical (unpaired) electrons. The van der Waals surface area contributed by atoms with Crippen molar-refractivity contribution < 1.29 is 19.5 Å². The summed E-state index contributed by atoms with van der Waals surface area (Å²) < 4.78 is 0.556. The fraction of sp³-hybridized carbons (Fsp3) is 0.941. The first kappa shape index (κ1) is 20.4. The summed E-state index contributed by atoms with van der Waals surface area (Å²) in [5, 5.41) is 21.4. The Morgan fingerprint density at radius 1 is 1.00 bits per heavy atom. The molecule has 0 aliphatic rings. The lowest BCUT2D eigenvalue weighted by Crippen LogP contribution is -2.51. The van der Waals surface area contributed by atoms with Gasteiger partial charge in [0.1, 0.15) is 12.1 Å². The van der Waals surface area contributed by atoms with Crippen molar-refractivity contribution in [2.75, 3.05) is 27.7 Å². The third kappa shape index (κ3) is 12.8. The number of carboxylic acids is 1. The number of rotatable bonds is 13. The van der Waals surface area contributed by atoms with Gasteiger partial charge in [-0.1, -0.05) is 58.3 Å². The number of carbonyl (C=O) groups is 1. The van der Waals surface area contributed by atoms with Gasteiger partial charge < -0.3 is 19.5 Å². The smallest absolute Gasteiger partial charge is 0.119 e. The van der Waals surface area contributed by atoms with Gasteiger partial charge >= 0.3 is 0 Å². The van der Waals surface area contributed by atoms with Crippen LogP contribution in [0.1, 0.15) is 71.1 Å². The van der Waals surface area contributed by atoms with Crippen LogP contribution in [0.3, 0.4) is 0 Å². The summed E-state index contributed by atoms with van der Waals surface area (Å²) in [7, 11) is 5.90. The number of carbonyl (C=O) groups excluding carboxylic acids is 1. The van der Waals surface area contributed by atoms with Crippen LogP contribution >= 0.6 is 0 Å². The van der Waals surface area contributed by atoms with Crippen molar-refractivity contribution in [1.29, 1.82) is 0 Å². The average Bonchev–Trinajstić information content (AvgIpc) is 2.29. The fourth-order valence-corrected chi connectivity index (χ4v) is 2.96. The highest BCUT2D eigenvalue weighted by Gasteiger charge is 2.33. The number of nitrogens with zero attached hydrogens (tertiary/aromatic N) is 1. The summed E-state index contributed by atoms with van der Waals surface area (Å²) in [5.41, 5.74) is -1.14. The van der Waals surface area contributed by atoms with Gasteiger partial charge in [-0.15, -0.1) is 0 Å². The van der Waals surface area contributed by atoms with Crippen LogP contribution in [0.25, 0.3) is 0 Å². The van der Waals surface area contributed by atoms with E-state index >= 15 is 0 Å². The SMILES string of the molecule is CCCCCCCCCC[C@@](O)(CC(=O)[O-])C[N+](C)(C)C. The molecule has 0 fully saturated rings. The maximum Gasteiger partial charge on any atom is 0.119 e. The Balaban J connectivity index is 3.99. The van der Waals surface area contributed by atoms with E-state index in [0.717, 1.165) is 12.8 Å². The third-order valence-corrected chi connectivity index (χ3v) is 3.74. The minimum Gasteiger partial charge on any atom is -0.550 e. The first-order valence-electron chi connectivity index (χ1n) is 8.41. The normalized spacial score (nSPS) is 14.9. The molecule has 0 unspecified atom stereocenters. The van der Waals surface area contributed by atoms with Crippen molar-refractivity contribution in [3.8, 4) is 0 Å². The summed E-state index contributed by atoms with van der Waals surface area (Å²) in [6.07, 6.45) is 9.84. The van der Waals surface area contributed by atoms with Gasteiger partial charge in [0.2, 0.25) is 0 Å². The standard InChI is InChI=1S/C17H35NO3/c1-5-6-7-8-9-10-11-12-13-17(21,14-16(19)20)15-18(2,3)4/h21H,5-15H2,1-4H3/t17-/m1/s1. The van der Waals surface area contributed by atoms with Crippen LogP contribution in [-0.2, 0) is 4.79 Å². The molecule has 4 heteroatoms. The Bertz CT molecular complexity index is 286. The molecular formula is C17H35NO3. The minimum atomic E-state index is -1.16. The Kier molecular flexibility index (Phi) is 9.88. The maximum atomic E-state index is 10.9. The van der Waals surface area contributed by atoms with Crippen molar-refractivity contribution in [1.82, 2.24) is 0 Å². The predicted molar refractivity (Wildman–Crippen MR) is 84.7 cm³/mol. The number of hydrogen-bond acceptors (Lipinski definition) is 3. The van der Waals surface area contributed by atoms with Gasteiger partial charge in [0.25, 0.3) is 0 Å². The topological polar surface area (TPSA) is 60.4 Å². The van der Waals surface area contributed by atoms with E-state index in [9.17, 15) is 15.0 Å². The van der Waals surface area contributed by atoms with Gasteiger partial charge in [-0.2, -0.15) is 0 Å². The van der Waals surface area contributed by atoms with E-state index in [-0.39, 0.29) is 6.42 Å². The molecule has 0 spiro atoms. The number of unbranched alkanes of at least 4 members (excludes halogenated alkanes) is 7. The van der Waals surface area contributed by atoms with Crippen LogP contribution in [-0.4, -0.2) is 48.8 Å². The second-order valence-corrected chi connectivity index (χ2v) is 7.45. The molecule has 0 aromatic heterocycles. The zero-order chi connectivity index (χ0) is 16.4. The summed E-state index contributed by atoms with van der Waals surface area (Å²) >= 11 is 0. The van der Waals surface area contributed by atoms with Crippen molar-refractivity contribution in [3.63, 3.8) is 0 Å². The molecule has 1 atom stereocenters. The maximum absolute atomic E-state index is 10.9. The second-order valence-electron chi connectivity index (χ2n) is 7.45. The monoisotopic (exact) mass is 301 g/mol. The van der Waals surface area contributed by atoms with Crippen LogP contribution in [0.5, 0.6) is 0 Å². The lowest BCUT2D eigenvalue weighted by atomic mass is 9.91. The zero-order valence-electron chi connectivity index (χ0n) is 14.5. The number of quaternary nitrogens is 1. The molecule has 21 heavy (non-hydrogen) atoms. The molecule has 0 rings (SSSR count). The molecule has 0 saturated carbocycles. The number of carboxylic acid groups (broad SMARTS) is 1. The molecule has 0 saturated heterocycles. The van der Waals surface area contributed by atoms with Gasteiger partial charge in [-0.3, -0.25) is 0 Å². The first-order valence-corrected chi connectivity index (χ1v) is 8.41. The number of aliphatic carboxylic acids is 1. The van der Waals surface area contributed by atoms with Crippen molar-refractivity contribution in [2.45, 2.75) is 76.7 Å². The third-order valence-electron chi connectivity index (χ3n) is 3.74. The van der Waals surface area contributed by atoms with Crippen LogP contribution in [0.4, 0.5) is 0 Å². The largest absolute Gasteiger partial charge is 0.550 e. The second kappa shape index (κ2) is 10.2. The van der Waals surface area contributed by atoms with Crippen LogP contribution < -0.4 is 5.11 Å². The molecule has 0 aliphatic carbocycles. The first-order chi connectivity index (χ1) is 9.68. The lowest BCUT2D eigenvalue weighted by Gasteiger charge is -2.36. The molecule has 0 aromatic rings. The molecule has 4 nitrogen and oxygen atoms in total. The fourth-order valence-electron chi connectivity index (χ4n) is 2.96. The van der Waals surface area contributed by atoms with Gasteiger partial charge in [-0.05, 0) is 6.42 Å². The molecule has 126 valence electrons. The lowest BCUT2D eigenvalue weighted by molar-refractivity contribution is -0.877. The van der Waals surface area contributed by atoms with Crippen LogP contribution in [0.2, 0.25) is 0 Å². The zero-order valence-corrected chi connectivity index (χ0v) is 14.5. The summed E-state index contributed by atoms with van der Waals surface area (Å²) in [6.45, 7) is 2.66. The number of aliphatic hydroxyl groups is 1. The van der Waals surface area contributed by atoms with Gasteiger partial charge in [0.05, 0.1) is 21.1 Å². The van der Waals surface area contributed by atoms with E-state index in [1.807, 2.05) is 21.1 Å². The summed E-state index contributed by atoms with van der Waals surface area (Å²) in [4.78, 5) is 10.9. The van der Waals surface area contributed by atoms with Gasteiger partial charge in [-0.25, -0.2) is 0 Å². The molecule has 0 amide bonds. The van der Waals surface area contributed by atoms with Gasteiger partial charge in [0, 0.05) is 12.4 Å². The Labute approximate surface area is 130 Å². The van der Waals surface area contributed by atoms with E-state index in [4.69, 9.17) is 0 Å². The van der Waals surface area contributed by atoms with Crippen LogP contribution in [0.15, 0.2) is 0 Å². The van der Waals surface area contributed by atoms with Gasteiger partial charge in [0.15, 0.2) is 0 Å². The average molecular weight is 301 g/mol. The highest BCUT2D eigenvalue weighted by Crippen LogP contribution is 2.22. The Morgan fingerprint density at radius 3 is 1.90 bits per heavy atom. The van der Waals surface area contributed by atoms with E-state index in [1.54, 1.807) is 0 Å². The molecule has 1 N–H and O–H groups in total. The quantitative estimate of drug-likeness (QED) is 0.418. The highest BCUT2D eigenvalue weighted by molar-refractivity contribution is 5.65. The van der Waals surface area contributed by atoms with Crippen molar-refractivity contribution in [3.05, 3.63) is 0 Å². The summed E-state index contributed by atoms with van der Waals surface area (Å²) in [5.74, 6) is -1.16. The summed E-state index contributed by atoms with van der Waals surface area (Å²) in [6, 6.07) is 0. The number of likely N-dealkylation sites (N-methyl/N-ethyl adjacent to an activating group) is 1. The van der Waals surface area contributed by atoms with Crippen molar-refractivity contribution in [2.24, 2.45) is 0 Å². The molecule has 0 bridgehead atoms. The van der Waals surface area contributed by atoms with E-state index in [1.165, 1.54) is 38.5 Å². The number of hydrogen-bond donors (Lipinski definition) is 1. The Hall–Kier alpha value is -0.610. The van der Waals surface area contributed by atoms with E-state index in [0.29, 0.717) is 17.4 Å². The van der Waals surface area contributed by atoms with E-state index in [2.05, 4.69) is 6.92 Å². The predicted octanol–water partition coefficient (Wildman–Crippen LogP) is 2.09. The molecule has 0 aromatic carbocycles. The Morgan fingerprint density at radius 2 is 1.48 bits per heavy atom.